The summed E-state index contributed by atoms with van der Waals surface area (Å²) in [6.45, 7) is 0.189. The van der Waals surface area contributed by atoms with Gasteiger partial charge in [0.1, 0.15) is 12.3 Å². The highest BCUT2D eigenvalue weighted by Gasteiger charge is 2.11. The molecule has 1 aromatic heterocycles. The number of nitriles is 1. The number of rotatable bonds is 5. The Morgan fingerprint density at radius 3 is 2.60 bits per heavy atom. The van der Waals surface area contributed by atoms with Crippen LogP contribution in [0.25, 0.3) is 0 Å². The zero-order valence-electron chi connectivity index (χ0n) is 13.3. The van der Waals surface area contributed by atoms with E-state index in [1.54, 1.807) is 54.7 Å². The summed E-state index contributed by atoms with van der Waals surface area (Å²) in [4.78, 5) is 16.5. The van der Waals surface area contributed by atoms with Crippen LogP contribution in [0.5, 0.6) is 5.88 Å². The fourth-order valence-electron chi connectivity index (χ4n) is 2.29. The predicted octanol–water partition coefficient (Wildman–Crippen LogP) is 3.78. The van der Waals surface area contributed by atoms with Crippen LogP contribution in [0.2, 0.25) is 0 Å². The minimum atomic E-state index is -0.240. The number of aromatic nitrogens is 1. The number of hydrogen-bond acceptors (Lipinski definition) is 4. The van der Waals surface area contributed by atoms with Gasteiger partial charge >= 0.3 is 0 Å². The van der Waals surface area contributed by atoms with Crippen molar-refractivity contribution in [1.29, 1.82) is 5.26 Å². The molecule has 0 aliphatic rings. The molecule has 2 aromatic carbocycles. The van der Waals surface area contributed by atoms with Crippen molar-refractivity contribution in [2.45, 2.75) is 6.61 Å². The van der Waals surface area contributed by atoms with E-state index >= 15 is 0 Å². The summed E-state index contributed by atoms with van der Waals surface area (Å²) >= 11 is 0. The lowest BCUT2D eigenvalue weighted by atomic mass is 10.1. The van der Waals surface area contributed by atoms with Crippen molar-refractivity contribution in [3.8, 4) is 11.9 Å². The SMILES string of the molecule is N#Cc1ccccc1COc1ncccc1NC(=O)c1ccccc1. The molecule has 0 saturated heterocycles. The minimum Gasteiger partial charge on any atom is -0.471 e. The number of hydrogen-bond donors (Lipinski definition) is 1. The molecule has 0 radical (unpaired) electrons. The zero-order valence-corrected chi connectivity index (χ0v) is 13.3. The Labute approximate surface area is 145 Å². The van der Waals surface area contributed by atoms with Crippen LogP contribution in [-0.4, -0.2) is 10.9 Å². The molecular formula is C20H15N3O2. The summed E-state index contributed by atoms with van der Waals surface area (Å²) in [6, 6.07) is 21.7. The first kappa shape index (κ1) is 16.2. The van der Waals surface area contributed by atoms with E-state index in [0.717, 1.165) is 5.56 Å². The Bertz CT molecular complexity index is 917. The molecule has 0 spiro atoms. The summed E-state index contributed by atoms with van der Waals surface area (Å²) < 4.78 is 5.73. The second-order valence-corrected chi connectivity index (χ2v) is 5.23. The molecule has 3 rings (SSSR count). The van der Waals surface area contributed by atoms with E-state index in [1.807, 2.05) is 18.2 Å². The molecule has 25 heavy (non-hydrogen) atoms. The lowest BCUT2D eigenvalue weighted by Gasteiger charge is -2.12. The smallest absolute Gasteiger partial charge is 0.255 e. The summed E-state index contributed by atoms with van der Waals surface area (Å²) in [5, 5.41) is 11.9. The molecule has 1 heterocycles. The highest BCUT2D eigenvalue weighted by atomic mass is 16.5. The van der Waals surface area contributed by atoms with Crippen LogP contribution in [-0.2, 0) is 6.61 Å². The van der Waals surface area contributed by atoms with Crippen LogP contribution in [0.4, 0.5) is 5.69 Å². The number of nitrogens with zero attached hydrogens (tertiary/aromatic N) is 2. The van der Waals surface area contributed by atoms with Crippen molar-refractivity contribution in [2.75, 3.05) is 5.32 Å². The van der Waals surface area contributed by atoms with E-state index in [-0.39, 0.29) is 12.5 Å². The first-order valence-electron chi connectivity index (χ1n) is 7.70. The van der Waals surface area contributed by atoms with Gasteiger partial charge < -0.3 is 10.1 Å². The lowest BCUT2D eigenvalue weighted by Crippen LogP contribution is -2.13. The number of pyridine rings is 1. The summed E-state index contributed by atoms with van der Waals surface area (Å²) in [7, 11) is 0. The largest absolute Gasteiger partial charge is 0.471 e. The molecule has 5 nitrogen and oxygen atoms in total. The number of carbonyl (C=O) groups excluding carboxylic acids is 1. The molecule has 0 saturated carbocycles. The Morgan fingerprint density at radius 2 is 1.80 bits per heavy atom. The van der Waals surface area contributed by atoms with Crippen LogP contribution >= 0.6 is 0 Å². The first-order chi connectivity index (χ1) is 12.3. The van der Waals surface area contributed by atoms with Gasteiger partial charge in [-0.05, 0) is 30.3 Å². The lowest BCUT2D eigenvalue weighted by molar-refractivity contribution is 0.102. The van der Waals surface area contributed by atoms with Crippen molar-refractivity contribution in [3.63, 3.8) is 0 Å². The summed E-state index contributed by atoms with van der Waals surface area (Å²) in [5.74, 6) is 0.0652. The third-order valence-electron chi connectivity index (χ3n) is 3.56. The maximum Gasteiger partial charge on any atom is 0.255 e. The van der Waals surface area contributed by atoms with Gasteiger partial charge in [-0.2, -0.15) is 5.26 Å². The second kappa shape index (κ2) is 7.75. The average Bonchev–Trinajstić information content (AvgIpc) is 2.68. The predicted molar refractivity (Wildman–Crippen MR) is 94.1 cm³/mol. The van der Waals surface area contributed by atoms with Gasteiger partial charge in [0.15, 0.2) is 0 Å². The van der Waals surface area contributed by atoms with Crippen molar-refractivity contribution in [1.82, 2.24) is 4.98 Å². The van der Waals surface area contributed by atoms with Crippen LogP contribution in [0.3, 0.4) is 0 Å². The molecule has 0 aliphatic carbocycles. The molecular weight excluding hydrogens is 314 g/mol. The third kappa shape index (κ3) is 4.01. The van der Waals surface area contributed by atoms with Gasteiger partial charge in [-0.25, -0.2) is 4.98 Å². The number of ether oxygens (including phenoxy) is 1. The molecule has 5 heteroatoms. The van der Waals surface area contributed by atoms with Gasteiger partial charge in [0.05, 0.1) is 11.6 Å². The standard InChI is InChI=1S/C20H15N3O2/c21-13-16-9-4-5-10-17(16)14-25-20-18(11-6-12-22-20)23-19(24)15-7-2-1-3-8-15/h1-12H,14H2,(H,23,24). The van der Waals surface area contributed by atoms with Gasteiger partial charge in [0, 0.05) is 17.3 Å². The third-order valence-corrected chi connectivity index (χ3v) is 3.56. The number of carbonyl (C=O) groups is 1. The Hall–Kier alpha value is -3.65. The normalized spacial score (nSPS) is 9.88. The van der Waals surface area contributed by atoms with Crippen LogP contribution in [0.15, 0.2) is 72.9 Å². The van der Waals surface area contributed by atoms with E-state index in [4.69, 9.17) is 10.00 Å². The first-order valence-corrected chi connectivity index (χ1v) is 7.70. The monoisotopic (exact) mass is 329 g/mol. The van der Waals surface area contributed by atoms with E-state index in [1.165, 1.54) is 0 Å². The average molecular weight is 329 g/mol. The minimum absolute atomic E-state index is 0.189. The molecule has 0 atom stereocenters. The maximum atomic E-state index is 12.3. The van der Waals surface area contributed by atoms with Gasteiger partial charge in [-0.1, -0.05) is 36.4 Å². The Kier molecular flexibility index (Phi) is 5.03. The van der Waals surface area contributed by atoms with E-state index in [0.29, 0.717) is 22.7 Å². The zero-order chi connectivity index (χ0) is 17.5. The van der Waals surface area contributed by atoms with Gasteiger partial charge in [0.2, 0.25) is 5.88 Å². The van der Waals surface area contributed by atoms with Crippen LogP contribution in [0.1, 0.15) is 21.5 Å². The molecule has 0 aliphatic heterocycles. The van der Waals surface area contributed by atoms with Crippen molar-refractivity contribution in [2.24, 2.45) is 0 Å². The van der Waals surface area contributed by atoms with E-state index < -0.39 is 0 Å². The molecule has 0 bridgehead atoms. The topological polar surface area (TPSA) is 75.0 Å². The van der Waals surface area contributed by atoms with E-state index in [9.17, 15) is 4.79 Å². The molecule has 122 valence electrons. The van der Waals surface area contributed by atoms with Crippen molar-refractivity contribution in [3.05, 3.63) is 89.6 Å². The number of benzene rings is 2. The molecule has 3 aromatic rings. The molecule has 1 amide bonds. The van der Waals surface area contributed by atoms with Crippen molar-refractivity contribution < 1.29 is 9.53 Å². The van der Waals surface area contributed by atoms with Crippen molar-refractivity contribution >= 4 is 11.6 Å². The van der Waals surface area contributed by atoms with Gasteiger partial charge in [-0.3, -0.25) is 4.79 Å². The fourth-order valence-corrected chi connectivity index (χ4v) is 2.29. The second-order valence-electron chi connectivity index (χ2n) is 5.23. The quantitative estimate of drug-likeness (QED) is 0.773. The maximum absolute atomic E-state index is 12.3. The van der Waals surface area contributed by atoms with Crippen LogP contribution in [0, 0.1) is 11.3 Å². The highest BCUT2D eigenvalue weighted by molar-refractivity contribution is 6.04. The number of nitrogens with one attached hydrogen (secondary N) is 1. The molecule has 1 N–H and O–H groups in total. The Morgan fingerprint density at radius 1 is 1.04 bits per heavy atom. The number of amides is 1. The Balaban J connectivity index is 1.75. The fraction of sp³-hybridized carbons (Fsp3) is 0.0500. The number of anilines is 1. The molecule has 0 unspecified atom stereocenters. The van der Waals surface area contributed by atoms with Crippen LogP contribution < -0.4 is 10.1 Å². The molecule has 0 fully saturated rings. The summed E-state index contributed by atoms with van der Waals surface area (Å²) in [5.41, 5.74) is 2.34. The summed E-state index contributed by atoms with van der Waals surface area (Å²) in [6.07, 6.45) is 1.59. The highest BCUT2D eigenvalue weighted by Crippen LogP contribution is 2.23. The van der Waals surface area contributed by atoms with Gasteiger partial charge in [-0.15, -0.1) is 0 Å². The van der Waals surface area contributed by atoms with Gasteiger partial charge in [0.25, 0.3) is 5.91 Å². The van der Waals surface area contributed by atoms with E-state index in [2.05, 4.69) is 16.4 Å².